The molecule has 0 aromatic carbocycles. The average Bonchev–Trinajstić information content (AvgIpc) is 2.25. The van der Waals surface area contributed by atoms with Gasteiger partial charge in [0.05, 0.1) is 0 Å². The van der Waals surface area contributed by atoms with Gasteiger partial charge >= 0.3 is 0 Å². The molecule has 1 rings (SSSR count). The Morgan fingerprint density at radius 1 is 1.12 bits per heavy atom. The van der Waals surface area contributed by atoms with E-state index in [4.69, 9.17) is 0 Å². The lowest BCUT2D eigenvalue weighted by atomic mass is 9.78. The zero-order valence-corrected chi connectivity index (χ0v) is 12.8. The topological polar surface area (TPSA) is 12.0 Å². The number of nitrogens with one attached hydrogen (secondary N) is 1. The van der Waals surface area contributed by atoms with Crippen LogP contribution in [0.5, 0.6) is 0 Å². The van der Waals surface area contributed by atoms with Crippen LogP contribution in [0.2, 0.25) is 0 Å². The van der Waals surface area contributed by atoms with Crippen molar-refractivity contribution < 1.29 is 0 Å². The third-order valence-electron chi connectivity index (χ3n) is 4.85. The van der Waals surface area contributed by atoms with Crippen molar-refractivity contribution in [2.45, 2.75) is 73.3 Å². The maximum absolute atomic E-state index is 3.81. The molecule has 1 nitrogen and oxygen atoms in total. The van der Waals surface area contributed by atoms with E-state index in [1.165, 1.54) is 32.2 Å². The van der Waals surface area contributed by atoms with E-state index in [1.807, 2.05) is 0 Å². The van der Waals surface area contributed by atoms with E-state index in [2.05, 4.69) is 46.9 Å². The first-order valence-corrected chi connectivity index (χ1v) is 7.54. The van der Waals surface area contributed by atoms with E-state index in [1.54, 1.807) is 0 Å². The molecule has 0 bridgehead atoms. The van der Waals surface area contributed by atoms with Crippen LogP contribution in [0.15, 0.2) is 0 Å². The molecule has 1 aliphatic carbocycles. The fraction of sp³-hybridized carbons (Fsp3) is 1.00. The van der Waals surface area contributed by atoms with Gasteiger partial charge < -0.3 is 5.32 Å². The predicted octanol–water partition coefficient (Wildman–Crippen LogP) is 4.47. The first-order chi connectivity index (χ1) is 7.80. The molecule has 0 aromatic rings. The SMILES string of the molecule is CC(C)C1CCCC(NCC(C)C(C)(C)C)C1. The molecule has 1 heteroatoms. The van der Waals surface area contributed by atoms with E-state index in [0.717, 1.165) is 23.8 Å². The van der Waals surface area contributed by atoms with Crippen LogP contribution in [-0.4, -0.2) is 12.6 Å². The minimum atomic E-state index is 0.430. The fourth-order valence-corrected chi connectivity index (χ4v) is 2.67. The Kier molecular flexibility index (Phi) is 5.50. The fourth-order valence-electron chi connectivity index (χ4n) is 2.67. The second-order valence-electron chi connectivity index (χ2n) is 7.54. The molecule has 102 valence electrons. The quantitative estimate of drug-likeness (QED) is 0.763. The Morgan fingerprint density at radius 3 is 2.29 bits per heavy atom. The predicted molar refractivity (Wildman–Crippen MR) is 77.2 cm³/mol. The van der Waals surface area contributed by atoms with Crippen LogP contribution in [0, 0.1) is 23.2 Å². The van der Waals surface area contributed by atoms with Gasteiger partial charge in [0.15, 0.2) is 0 Å². The van der Waals surface area contributed by atoms with Gasteiger partial charge in [0.1, 0.15) is 0 Å². The van der Waals surface area contributed by atoms with Gasteiger partial charge in [-0.1, -0.05) is 54.4 Å². The third-order valence-corrected chi connectivity index (χ3v) is 4.85. The molecule has 0 saturated heterocycles. The number of rotatable bonds is 4. The number of hydrogen-bond acceptors (Lipinski definition) is 1. The molecular formula is C16H33N. The van der Waals surface area contributed by atoms with Gasteiger partial charge in [0.25, 0.3) is 0 Å². The highest BCUT2D eigenvalue weighted by Gasteiger charge is 2.25. The summed E-state index contributed by atoms with van der Waals surface area (Å²) in [5, 5.41) is 3.81. The molecule has 3 unspecified atom stereocenters. The summed E-state index contributed by atoms with van der Waals surface area (Å²) in [6.07, 6.45) is 5.66. The third kappa shape index (κ3) is 4.99. The first kappa shape index (κ1) is 15.0. The summed E-state index contributed by atoms with van der Waals surface area (Å²) in [7, 11) is 0. The summed E-state index contributed by atoms with van der Waals surface area (Å²) < 4.78 is 0. The van der Waals surface area contributed by atoms with E-state index in [-0.39, 0.29) is 0 Å². The maximum Gasteiger partial charge on any atom is 0.00699 e. The Hall–Kier alpha value is -0.0400. The maximum atomic E-state index is 3.81. The van der Waals surface area contributed by atoms with E-state index in [9.17, 15) is 0 Å². The smallest absolute Gasteiger partial charge is 0.00699 e. The summed E-state index contributed by atoms with van der Waals surface area (Å²) in [6.45, 7) is 15.3. The standard InChI is InChI=1S/C16H33N/c1-12(2)14-8-7-9-15(10-14)17-11-13(3)16(4,5)6/h12-15,17H,7-11H2,1-6H3. The second-order valence-corrected chi connectivity index (χ2v) is 7.54. The van der Waals surface area contributed by atoms with Crippen molar-refractivity contribution in [1.82, 2.24) is 5.32 Å². The number of hydrogen-bond donors (Lipinski definition) is 1. The van der Waals surface area contributed by atoms with Crippen LogP contribution in [0.3, 0.4) is 0 Å². The van der Waals surface area contributed by atoms with Crippen LogP contribution in [0.4, 0.5) is 0 Å². The molecule has 0 aliphatic heterocycles. The van der Waals surface area contributed by atoms with Gasteiger partial charge in [-0.05, 0) is 42.6 Å². The normalized spacial score (nSPS) is 28.4. The van der Waals surface area contributed by atoms with E-state index in [0.29, 0.717) is 5.41 Å². The molecular weight excluding hydrogens is 206 g/mol. The minimum Gasteiger partial charge on any atom is -0.314 e. The monoisotopic (exact) mass is 239 g/mol. The summed E-state index contributed by atoms with van der Waals surface area (Å²) in [5.74, 6) is 2.56. The molecule has 0 radical (unpaired) electrons. The Labute approximate surface area is 109 Å². The van der Waals surface area contributed by atoms with E-state index >= 15 is 0 Å². The summed E-state index contributed by atoms with van der Waals surface area (Å²) >= 11 is 0. The summed E-state index contributed by atoms with van der Waals surface area (Å²) in [5.41, 5.74) is 0.430. The van der Waals surface area contributed by atoms with Gasteiger partial charge in [0.2, 0.25) is 0 Å². The van der Waals surface area contributed by atoms with Gasteiger partial charge in [-0.3, -0.25) is 0 Å². The molecule has 0 aromatic heterocycles. The van der Waals surface area contributed by atoms with Gasteiger partial charge in [-0.2, -0.15) is 0 Å². The lowest BCUT2D eigenvalue weighted by molar-refractivity contribution is 0.201. The van der Waals surface area contributed by atoms with Crippen LogP contribution < -0.4 is 5.32 Å². The van der Waals surface area contributed by atoms with Crippen LogP contribution in [-0.2, 0) is 0 Å². The van der Waals surface area contributed by atoms with Crippen molar-refractivity contribution >= 4 is 0 Å². The Morgan fingerprint density at radius 2 is 1.76 bits per heavy atom. The van der Waals surface area contributed by atoms with Gasteiger partial charge in [-0.25, -0.2) is 0 Å². The highest BCUT2D eigenvalue weighted by molar-refractivity contribution is 4.81. The highest BCUT2D eigenvalue weighted by atomic mass is 14.9. The van der Waals surface area contributed by atoms with Crippen molar-refractivity contribution in [3.05, 3.63) is 0 Å². The molecule has 0 amide bonds. The average molecular weight is 239 g/mol. The van der Waals surface area contributed by atoms with Crippen LogP contribution in [0.25, 0.3) is 0 Å². The minimum absolute atomic E-state index is 0.430. The van der Waals surface area contributed by atoms with E-state index < -0.39 is 0 Å². The first-order valence-electron chi connectivity index (χ1n) is 7.54. The molecule has 3 atom stereocenters. The molecule has 1 saturated carbocycles. The molecule has 0 spiro atoms. The van der Waals surface area contributed by atoms with Crippen molar-refractivity contribution in [2.75, 3.05) is 6.54 Å². The Balaban J connectivity index is 2.32. The van der Waals surface area contributed by atoms with Gasteiger partial charge in [-0.15, -0.1) is 0 Å². The lowest BCUT2D eigenvalue weighted by Gasteiger charge is -2.34. The molecule has 0 heterocycles. The summed E-state index contributed by atoms with van der Waals surface area (Å²) in [4.78, 5) is 0. The zero-order chi connectivity index (χ0) is 13.1. The van der Waals surface area contributed by atoms with Crippen molar-refractivity contribution in [3.8, 4) is 0 Å². The van der Waals surface area contributed by atoms with Crippen LogP contribution in [0.1, 0.15) is 67.2 Å². The second kappa shape index (κ2) is 6.22. The molecule has 1 aliphatic rings. The van der Waals surface area contributed by atoms with Crippen LogP contribution >= 0.6 is 0 Å². The molecule has 1 N–H and O–H groups in total. The molecule has 17 heavy (non-hydrogen) atoms. The lowest BCUT2D eigenvalue weighted by Crippen LogP contribution is -2.40. The van der Waals surface area contributed by atoms with Crippen molar-refractivity contribution in [2.24, 2.45) is 23.2 Å². The van der Waals surface area contributed by atoms with Crippen molar-refractivity contribution in [1.29, 1.82) is 0 Å². The largest absolute Gasteiger partial charge is 0.314 e. The highest BCUT2D eigenvalue weighted by Crippen LogP contribution is 2.30. The zero-order valence-electron chi connectivity index (χ0n) is 12.8. The van der Waals surface area contributed by atoms with Crippen molar-refractivity contribution in [3.63, 3.8) is 0 Å². The van der Waals surface area contributed by atoms with Gasteiger partial charge in [0, 0.05) is 6.04 Å². The molecule has 1 fully saturated rings. The Bertz CT molecular complexity index is 214. The summed E-state index contributed by atoms with van der Waals surface area (Å²) in [6, 6.07) is 0.779.